The molecule has 0 heterocycles. The third-order valence-electron chi connectivity index (χ3n) is 1.91. The van der Waals surface area contributed by atoms with Gasteiger partial charge in [-0.15, -0.1) is 11.6 Å². The highest BCUT2D eigenvalue weighted by atomic mass is 35.5. The minimum absolute atomic E-state index is 0.268. The zero-order chi connectivity index (χ0) is 14.7. The normalized spacial score (nSPS) is 12.0. The van der Waals surface area contributed by atoms with Gasteiger partial charge < -0.3 is 4.74 Å². The fourth-order valence-corrected chi connectivity index (χ4v) is 1.96. The number of sulfonamides is 1. The number of hydrogen-bond acceptors (Lipinski definition) is 4. The minimum atomic E-state index is -3.59. The molecule has 0 fully saturated rings. The molecule has 0 saturated heterocycles. The lowest BCUT2D eigenvalue weighted by molar-refractivity contribution is 0.00695. The summed E-state index contributed by atoms with van der Waals surface area (Å²) in [5.41, 5.74) is -0.0726. The lowest BCUT2D eigenvalue weighted by atomic mass is 10.1. The van der Waals surface area contributed by atoms with Crippen LogP contribution in [0.2, 0.25) is 0 Å². The SMILES string of the molecule is CC(C)(C)OC(=O)c1cccc(NS(=O)(=O)CCl)c1. The fourth-order valence-electron chi connectivity index (χ4n) is 1.25. The van der Waals surface area contributed by atoms with E-state index in [0.717, 1.165) is 0 Å². The summed E-state index contributed by atoms with van der Waals surface area (Å²) in [6.07, 6.45) is 0. The van der Waals surface area contributed by atoms with Gasteiger partial charge in [0.25, 0.3) is 0 Å². The van der Waals surface area contributed by atoms with Crippen LogP contribution >= 0.6 is 11.6 Å². The molecule has 5 nitrogen and oxygen atoms in total. The molecular weight excluding hydrogens is 290 g/mol. The van der Waals surface area contributed by atoms with Gasteiger partial charge in [-0.3, -0.25) is 4.72 Å². The molecule has 0 aliphatic heterocycles. The number of hydrogen-bond donors (Lipinski definition) is 1. The smallest absolute Gasteiger partial charge is 0.338 e. The lowest BCUT2D eigenvalue weighted by Gasteiger charge is -2.19. The van der Waals surface area contributed by atoms with E-state index in [9.17, 15) is 13.2 Å². The molecule has 0 spiro atoms. The zero-order valence-corrected chi connectivity index (χ0v) is 12.5. The molecule has 0 amide bonds. The van der Waals surface area contributed by atoms with Crippen molar-refractivity contribution in [1.29, 1.82) is 0 Å². The summed E-state index contributed by atoms with van der Waals surface area (Å²) < 4.78 is 30.1. The quantitative estimate of drug-likeness (QED) is 0.685. The Hall–Kier alpha value is -1.27. The van der Waals surface area contributed by atoms with E-state index in [-0.39, 0.29) is 11.3 Å². The Kier molecular flexibility index (Phi) is 4.81. The van der Waals surface area contributed by atoms with Crippen LogP contribution in [0.1, 0.15) is 31.1 Å². The first kappa shape index (κ1) is 15.8. The molecule has 1 rings (SSSR count). The summed E-state index contributed by atoms with van der Waals surface area (Å²) in [6.45, 7) is 5.26. The van der Waals surface area contributed by atoms with Gasteiger partial charge in [0.2, 0.25) is 10.0 Å². The van der Waals surface area contributed by atoms with Gasteiger partial charge in [-0.05, 0) is 39.0 Å². The van der Waals surface area contributed by atoms with Crippen LogP contribution in [0.4, 0.5) is 5.69 Å². The van der Waals surface area contributed by atoms with Crippen molar-refractivity contribution in [1.82, 2.24) is 0 Å². The maximum absolute atomic E-state index is 11.8. The summed E-state index contributed by atoms with van der Waals surface area (Å²) in [6, 6.07) is 6.04. The first-order valence-corrected chi connectivity index (χ1v) is 7.71. The Labute approximate surface area is 118 Å². The summed E-state index contributed by atoms with van der Waals surface area (Å²) in [4.78, 5) is 11.8. The summed E-state index contributed by atoms with van der Waals surface area (Å²) in [7, 11) is -3.59. The molecule has 106 valence electrons. The Morgan fingerprint density at radius 1 is 1.37 bits per heavy atom. The third kappa shape index (κ3) is 5.48. The number of halogens is 1. The summed E-state index contributed by atoms with van der Waals surface area (Å²) in [5.74, 6) is -0.514. The van der Waals surface area contributed by atoms with Gasteiger partial charge >= 0.3 is 5.97 Å². The number of nitrogens with one attached hydrogen (secondary N) is 1. The standard InChI is InChI=1S/C12H16ClNO4S/c1-12(2,3)18-11(15)9-5-4-6-10(7-9)14-19(16,17)8-13/h4-7,14H,8H2,1-3H3. The van der Waals surface area contributed by atoms with Gasteiger partial charge in [-0.2, -0.15) is 0 Å². The van der Waals surface area contributed by atoms with Crippen molar-refractivity contribution in [3.8, 4) is 0 Å². The van der Waals surface area contributed by atoms with Crippen LogP contribution < -0.4 is 4.72 Å². The predicted octanol–water partition coefficient (Wildman–Crippen LogP) is 2.58. The average Bonchev–Trinajstić information content (AvgIpc) is 2.26. The molecule has 0 aliphatic carbocycles. The van der Waals surface area contributed by atoms with E-state index in [4.69, 9.17) is 16.3 Å². The molecule has 0 aliphatic rings. The third-order valence-corrected chi connectivity index (χ3v) is 3.61. The fraction of sp³-hybridized carbons (Fsp3) is 0.417. The number of alkyl halides is 1. The first-order chi connectivity index (χ1) is 8.63. The van der Waals surface area contributed by atoms with Crippen molar-refractivity contribution in [2.75, 3.05) is 9.93 Å². The van der Waals surface area contributed by atoms with Crippen molar-refractivity contribution < 1.29 is 17.9 Å². The Bertz CT molecular complexity index is 563. The Morgan fingerprint density at radius 2 is 2.00 bits per heavy atom. The van der Waals surface area contributed by atoms with Gasteiger partial charge in [0.1, 0.15) is 10.8 Å². The van der Waals surface area contributed by atoms with Gasteiger partial charge in [0.15, 0.2) is 0 Å². The number of benzene rings is 1. The maximum atomic E-state index is 11.8. The molecule has 1 N–H and O–H groups in total. The largest absolute Gasteiger partial charge is 0.456 e. The van der Waals surface area contributed by atoms with Crippen LogP contribution in [0.3, 0.4) is 0 Å². The second kappa shape index (κ2) is 5.79. The minimum Gasteiger partial charge on any atom is -0.456 e. The van der Waals surface area contributed by atoms with Crippen molar-refractivity contribution >= 4 is 33.3 Å². The Balaban J connectivity index is 2.92. The number of carbonyl (C=O) groups is 1. The van der Waals surface area contributed by atoms with E-state index >= 15 is 0 Å². The van der Waals surface area contributed by atoms with Crippen molar-refractivity contribution in [2.24, 2.45) is 0 Å². The molecule has 0 radical (unpaired) electrons. The van der Waals surface area contributed by atoms with Crippen LogP contribution in [0.5, 0.6) is 0 Å². The van der Waals surface area contributed by atoms with E-state index in [2.05, 4.69) is 4.72 Å². The van der Waals surface area contributed by atoms with Gasteiger partial charge in [0, 0.05) is 5.69 Å². The molecule has 0 unspecified atom stereocenters. The molecular formula is C12H16ClNO4S. The van der Waals surface area contributed by atoms with Crippen LogP contribution in [0.25, 0.3) is 0 Å². The average molecular weight is 306 g/mol. The topological polar surface area (TPSA) is 72.5 Å². The Morgan fingerprint density at radius 3 is 2.53 bits per heavy atom. The summed E-state index contributed by atoms with van der Waals surface area (Å²) in [5, 5.41) is -0.552. The lowest BCUT2D eigenvalue weighted by Crippen LogP contribution is -2.24. The van der Waals surface area contributed by atoms with E-state index < -0.39 is 26.8 Å². The number of carbonyl (C=O) groups excluding carboxylic acids is 1. The van der Waals surface area contributed by atoms with Crippen LogP contribution in [-0.4, -0.2) is 25.2 Å². The number of esters is 1. The van der Waals surface area contributed by atoms with Gasteiger partial charge in [-0.1, -0.05) is 6.07 Å². The van der Waals surface area contributed by atoms with E-state index in [1.807, 2.05) is 0 Å². The molecule has 19 heavy (non-hydrogen) atoms. The molecule has 0 aromatic heterocycles. The van der Waals surface area contributed by atoms with Gasteiger partial charge in [0.05, 0.1) is 5.56 Å². The van der Waals surface area contributed by atoms with E-state index in [1.165, 1.54) is 12.1 Å². The van der Waals surface area contributed by atoms with E-state index in [1.54, 1.807) is 32.9 Å². The van der Waals surface area contributed by atoms with Crippen LogP contribution in [0.15, 0.2) is 24.3 Å². The number of ether oxygens (including phenoxy) is 1. The van der Waals surface area contributed by atoms with Crippen molar-refractivity contribution in [3.63, 3.8) is 0 Å². The monoisotopic (exact) mass is 305 g/mol. The molecule has 0 saturated carbocycles. The van der Waals surface area contributed by atoms with Crippen molar-refractivity contribution in [2.45, 2.75) is 26.4 Å². The second-order valence-electron chi connectivity index (χ2n) is 4.91. The highest BCUT2D eigenvalue weighted by Gasteiger charge is 2.18. The molecule has 1 aromatic rings. The highest BCUT2D eigenvalue weighted by Crippen LogP contribution is 2.16. The second-order valence-corrected chi connectivity index (χ2v) is 7.22. The first-order valence-electron chi connectivity index (χ1n) is 5.53. The molecule has 0 atom stereocenters. The van der Waals surface area contributed by atoms with Crippen molar-refractivity contribution in [3.05, 3.63) is 29.8 Å². The number of anilines is 1. The number of rotatable bonds is 4. The molecule has 0 bridgehead atoms. The highest BCUT2D eigenvalue weighted by molar-refractivity contribution is 7.93. The maximum Gasteiger partial charge on any atom is 0.338 e. The van der Waals surface area contributed by atoms with Gasteiger partial charge in [-0.25, -0.2) is 13.2 Å². The molecule has 7 heteroatoms. The predicted molar refractivity (Wildman–Crippen MR) is 74.9 cm³/mol. The van der Waals surface area contributed by atoms with E-state index in [0.29, 0.717) is 0 Å². The zero-order valence-electron chi connectivity index (χ0n) is 10.9. The van der Waals surface area contributed by atoms with Crippen LogP contribution in [0, 0.1) is 0 Å². The molecule has 1 aromatic carbocycles. The van der Waals surface area contributed by atoms with Crippen LogP contribution in [-0.2, 0) is 14.8 Å². The summed E-state index contributed by atoms with van der Waals surface area (Å²) >= 11 is 5.29.